The van der Waals surface area contributed by atoms with Crippen molar-refractivity contribution < 1.29 is 0 Å². The van der Waals surface area contributed by atoms with E-state index in [1.54, 1.807) is 17.0 Å². The molecule has 0 fully saturated rings. The number of aryl methyl sites for hydroxylation is 1. The minimum atomic E-state index is -0.0108. The summed E-state index contributed by atoms with van der Waals surface area (Å²) >= 11 is 7.30. The van der Waals surface area contributed by atoms with Crippen molar-refractivity contribution in [1.82, 2.24) is 9.55 Å². The second-order valence-corrected chi connectivity index (χ2v) is 5.55. The molecule has 0 atom stereocenters. The fourth-order valence-electron chi connectivity index (χ4n) is 1.68. The van der Waals surface area contributed by atoms with Crippen molar-refractivity contribution in [3.05, 3.63) is 57.6 Å². The van der Waals surface area contributed by atoms with Gasteiger partial charge in [-0.15, -0.1) is 0 Å². The maximum Gasteiger partial charge on any atom is 0.283 e. The summed E-state index contributed by atoms with van der Waals surface area (Å²) < 4.78 is 1.71. The molecule has 0 unspecified atom stereocenters. The summed E-state index contributed by atoms with van der Waals surface area (Å²) in [4.78, 5) is 16.3. The van der Waals surface area contributed by atoms with E-state index in [2.05, 4.69) is 4.98 Å². The molecule has 0 aliphatic carbocycles. The minimum absolute atomic E-state index is 0.0108. The molecule has 0 bridgehead atoms. The van der Waals surface area contributed by atoms with Gasteiger partial charge in [0.15, 0.2) is 5.03 Å². The Balaban J connectivity index is 2.09. The van der Waals surface area contributed by atoms with Crippen LogP contribution in [-0.2, 0) is 12.3 Å². The third-order valence-electron chi connectivity index (χ3n) is 2.64. The normalized spacial score (nSPS) is 10.6. The molecule has 0 spiro atoms. The smallest absolute Gasteiger partial charge is 0.283 e. The first-order chi connectivity index (χ1) is 9.20. The molecule has 0 amide bonds. The molecular formula is C14H15ClN2OS. The highest BCUT2D eigenvalue weighted by molar-refractivity contribution is 7.98. The summed E-state index contributed by atoms with van der Waals surface area (Å²) in [6.45, 7) is 2.78. The Kier molecular flexibility index (Phi) is 5.05. The summed E-state index contributed by atoms with van der Waals surface area (Å²) in [7, 11) is 0. The van der Waals surface area contributed by atoms with Gasteiger partial charge in [-0.1, -0.05) is 42.4 Å². The lowest BCUT2D eigenvalue weighted by molar-refractivity contribution is 0.632. The second kappa shape index (κ2) is 6.78. The molecule has 1 aromatic heterocycles. The molecule has 0 radical (unpaired) electrons. The monoisotopic (exact) mass is 294 g/mol. The Morgan fingerprint density at radius 3 is 2.74 bits per heavy atom. The lowest BCUT2D eigenvalue weighted by atomic mass is 10.2. The third kappa shape index (κ3) is 3.85. The van der Waals surface area contributed by atoms with Crippen LogP contribution in [0.5, 0.6) is 0 Å². The van der Waals surface area contributed by atoms with E-state index < -0.39 is 0 Å². The number of halogens is 1. The van der Waals surface area contributed by atoms with Crippen LogP contribution in [0.3, 0.4) is 0 Å². The van der Waals surface area contributed by atoms with Crippen LogP contribution in [0.2, 0.25) is 5.02 Å². The van der Waals surface area contributed by atoms with Gasteiger partial charge in [0, 0.05) is 29.7 Å². The molecule has 0 saturated carbocycles. The zero-order valence-electron chi connectivity index (χ0n) is 10.7. The van der Waals surface area contributed by atoms with Gasteiger partial charge in [0.25, 0.3) is 5.56 Å². The van der Waals surface area contributed by atoms with Gasteiger partial charge in [0.2, 0.25) is 0 Å². The van der Waals surface area contributed by atoms with Crippen molar-refractivity contribution in [3.8, 4) is 0 Å². The van der Waals surface area contributed by atoms with Crippen molar-refractivity contribution in [2.75, 3.05) is 0 Å². The van der Waals surface area contributed by atoms with Gasteiger partial charge in [-0.05, 0) is 24.1 Å². The summed E-state index contributed by atoms with van der Waals surface area (Å²) in [6, 6.07) is 7.63. The average Bonchev–Trinajstić information content (AvgIpc) is 2.42. The van der Waals surface area contributed by atoms with E-state index in [0.717, 1.165) is 29.3 Å². The highest BCUT2D eigenvalue weighted by atomic mass is 35.5. The van der Waals surface area contributed by atoms with Crippen LogP contribution < -0.4 is 5.56 Å². The highest BCUT2D eigenvalue weighted by Gasteiger charge is 2.05. The van der Waals surface area contributed by atoms with Gasteiger partial charge in [-0.3, -0.25) is 4.79 Å². The van der Waals surface area contributed by atoms with Crippen LogP contribution >= 0.6 is 23.4 Å². The van der Waals surface area contributed by atoms with Crippen LogP contribution in [0.25, 0.3) is 0 Å². The van der Waals surface area contributed by atoms with E-state index in [4.69, 9.17) is 11.6 Å². The molecule has 2 rings (SSSR count). The highest BCUT2D eigenvalue weighted by Crippen LogP contribution is 2.19. The van der Waals surface area contributed by atoms with Crippen molar-refractivity contribution in [2.45, 2.75) is 30.7 Å². The van der Waals surface area contributed by atoms with Crippen LogP contribution in [-0.4, -0.2) is 9.55 Å². The van der Waals surface area contributed by atoms with E-state index in [1.807, 2.05) is 31.2 Å². The van der Waals surface area contributed by atoms with E-state index in [-0.39, 0.29) is 5.56 Å². The largest absolute Gasteiger partial charge is 0.312 e. The number of thioether (sulfide) groups is 1. The number of rotatable bonds is 5. The first-order valence-corrected chi connectivity index (χ1v) is 7.49. The number of aromatic nitrogens is 2. The molecule has 19 heavy (non-hydrogen) atoms. The lowest BCUT2D eigenvalue weighted by Gasteiger charge is -2.05. The standard InChI is InChI=1S/C14H15ClN2OS/c1-2-8-17-9-7-16-13(14(17)18)19-10-11-3-5-12(15)6-4-11/h3-7,9H,2,8,10H2,1H3. The molecule has 1 heterocycles. The van der Waals surface area contributed by atoms with Gasteiger partial charge in [-0.25, -0.2) is 4.98 Å². The number of hydrogen-bond donors (Lipinski definition) is 0. The average molecular weight is 295 g/mol. The maximum atomic E-state index is 12.1. The summed E-state index contributed by atoms with van der Waals surface area (Å²) in [5.41, 5.74) is 1.12. The topological polar surface area (TPSA) is 34.9 Å². The molecule has 3 nitrogen and oxygen atoms in total. The van der Waals surface area contributed by atoms with Crippen molar-refractivity contribution >= 4 is 23.4 Å². The molecule has 0 aliphatic rings. The third-order valence-corrected chi connectivity index (χ3v) is 3.92. The fourth-order valence-corrected chi connectivity index (χ4v) is 2.67. The minimum Gasteiger partial charge on any atom is -0.312 e. The van der Waals surface area contributed by atoms with Crippen LogP contribution in [0, 0.1) is 0 Å². The molecule has 0 aliphatic heterocycles. The van der Waals surface area contributed by atoms with Crippen LogP contribution in [0.15, 0.2) is 46.5 Å². The Morgan fingerprint density at radius 1 is 1.32 bits per heavy atom. The summed E-state index contributed by atoms with van der Waals surface area (Å²) in [6.07, 6.45) is 4.35. The second-order valence-electron chi connectivity index (χ2n) is 4.15. The summed E-state index contributed by atoms with van der Waals surface area (Å²) in [5, 5.41) is 1.27. The first kappa shape index (κ1) is 14.2. The molecule has 2 aromatic rings. The van der Waals surface area contributed by atoms with Crippen LogP contribution in [0.4, 0.5) is 0 Å². The molecule has 1 aromatic carbocycles. The van der Waals surface area contributed by atoms with Gasteiger partial charge < -0.3 is 4.57 Å². The van der Waals surface area contributed by atoms with Crippen molar-refractivity contribution in [3.63, 3.8) is 0 Å². The predicted octanol–water partition coefficient (Wildman–Crippen LogP) is 3.60. The number of nitrogens with zero attached hydrogens (tertiary/aromatic N) is 2. The first-order valence-electron chi connectivity index (χ1n) is 6.13. The Morgan fingerprint density at radius 2 is 2.05 bits per heavy atom. The molecule has 5 heteroatoms. The molecule has 0 N–H and O–H groups in total. The van der Waals surface area contributed by atoms with Crippen LogP contribution in [0.1, 0.15) is 18.9 Å². The Labute approximate surface area is 121 Å². The van der Waals surface area contributed by atoms with Gasteiger partial charge in [0.1, 0.15) is 0 Å². The lowest BCUT2D eigenvalue weighted by Crippen LogP contribution is -2.21. The Hall–Kier alpha value is -1.26. The van der Waals surface area contributed by atoms with E-state index in [0.29, 0.717) is 5.03 Å². The molecule has 0 saturated heterocycles. The van der Waals surface area contributed by atoms with Crippen molar-refractivity contribution in [1.29, 1.82) is 0 Å². The zero-order valence-corrected chi connectivity index (χ0v) is 12.2. The van der Waals surface area contributed by atoms with Crippen molar-refractivity contribution in [2.24, 2.45) is 0 Å². The van der Waals surface area contributed by atoms with E-state index >= 15 is 0 Å². The Bertz CT molecular complexity index is 595. The maximum absolute atomic E-state index is 12.1. The summed E-state index contributed by atoms with van der Waals surface area (Å²) in [5.74, 6) is 0.718. The van der Waals surface area contributed by atoms with Gasteiger partial charge >= 0.3 is 0 Å². The van der Waals surface area contributed by atoms with E-state index in [1.165, 1.54) is 11.8 Å². The van der Waals surface area contributed by atoms with Gasteiger partial charge in [0.05, 0.1) is 0 Å². The molecule has 100 valence electrons. The quantitative estimate of drug-likeness (QED) is 0.790. The fraction of sp³-hybridized carbons (Fsp3) is 0.286. The van der Waals surface area contributed by atoms with E-state index in [9.17, 15) is 4.79 Å². The predicted molar refractivity (Wildman–Crippen MR) is 79.8 cm³/mol. The van der Waals surface area contributed by atoms with Gasteiger partial charge in [-0.2, -0.15) is 0 Å². The number of hydrogen-bond acceptors (Lipinski definition) is 3. The SMILES string of the molecule is CCCn1ccnc(SCc2ccc(Cl)cc2)c1=O. The zero-order chi connectivity index (χ0) is 13.7. The molecular weight excluding hydrogens is 280 g/mol. The number of benzene rings is 1.